The van der Waals surface area contributed by atoms with Gasteiger partial charge in [-0.25, -0.2) is 4.79 Å². The first-order chi connectivity index (χ1) is 10.1. The molecule has 21 heavy (non-hydrogen) atoms. The molecule has 1 aliphatic heterocycles. The maximum Gasteiger partial charge on any atom is 0.338 e. The van der Waals surface area contributed by atoms with Gasteiger partial charge >= 0.3 is 5.97 Å². The quantitative estimate of drug-likeness (QED) is 0.928. The molecule has 1 unspecified atom stereocenters. The van der Waals surface area contributed by atoms with Gasteiger partial charge in [-0.2, -0.15) is 5.10 Å². The van der Waals surface area contributed by atoms with E-state index in [1.54, 1.807) is 21.7 Å². The minimum absolute atomic E-state index is 0.00855. The Labute approximate surface area is 120 Å². The fraction of sp³-hybridized carbons (Fsp3) is 0.357. The van der Waals surface area contributed by atoms with Crippen molar-refractivity contribution in [3.8, 4) is 0 Å². The van der Waals surface area contributed by atoms with Crippen LogP contribution in [-0.4, -0.2) is 44.8 Å². The lowest BCUT2D eigenvalue weighted by atomic mass is 10.1. The van der Waals surface area contributed by atoms with E-state index in [0.717, 1.165) is 12.8 Å². The number of carboxylic acid groups (broad SMARTS) is 1. The van der Waals surface area contributed by atoms with Gasteiger partial charge in [-0.1, -0.05) is 0 Å². The van der Waals surface area contributed by atoms with E-state index in [2.05, 4.69) is 5.10 Å². The topological polar surface area (TPSA) is 88.6 Å². The lowest BCUT2D eigenvalue weighted by molar-refractivity contribution is 0.0637. The molecule has 0 aliphatic carbocycles. The first-order valence-corrected chi connectivity index (χ1v) is 6.75. The molecule has 1 amide bonds. The summed E-state index contributed by atoms with van der Waals surface area (Å²) in [5, 5.41) is 13.0. The summed E-state index contributed by atoms with van der Waals surface area (Å²) in [6, 6.07) is 3.31. The highest BCUT2D eigenvalue weighted by Gasteiger charge is 2.27. The minimum atomic E-state index is -0.999. The second-order valence-corrected chi connectivity index (χ2v) is 5.04. The van der Waals surface area contributed by atoms with Crippen LogP contribution in [0.1, 0.15) is 39.8 Å². The first kappa shape index (κ1) is 13.4. The van der Waals surface area contributed by atoms with Gasteiger partial charge in [0, 0.05) is 19.3 Å². The third-order valence-electron chi connectivity index (χ3n) is 3.64. The van der Waals surface area contributed by atoms with Crippen LogP contribution in [0.4, 0.5) is 0 Å². The summed E-state index contributed by atoms with van der Waals surface area (Å²) >= 11 is 0. The molecule has 7 heteroatoms. The number of aromatic nitrogens is 2. The SMILES string of the molecule is O=C(O)c1cnn(C2CCCN(C(=O)c3ccco3)C2)c1. The maximum atomic E-state index is 12.3. The van der Waals surface area contributed by atoms with Crippen molar-refractivity contribution in [2.45, 2.75) is 18.9 Å². The van der Waals surface area contributed by atoms with E-state index in [0.29, 0.717) is 18.8 Å². The fourth-order valence-corrected chi connectivity index (χ4v) is 2.56. The number of amides is 1. The van der Waals surface area contributed by atoms with Crippen LogP contribution in [-0.2, 0) is 0 Å². The van der Waals surface area contributed by atoms with Crippen LogP contribution in [0.15, 0.2) is 35.2 Å². The molecule has 0 bridgehead atoms. The monoisotopic (exact) mass is 289 g/mol. The second-order valence-electron chi connectivity index (χ2n) is 5.04. The van der Waals surface area contributed by atoms with Gasteiger partial charge in [0.1, 0.15) is 0 Å². The van der Waals surface area contributed by atoms with Gasteiger partial charge in [0.25, 0.3) is 5.91 Å². The third-order valence-corrected chi connectivity index (χ3v) is 3.64. The number of piperidine rings is 1. The van der Waals surface area contributed by atoms with E-state index < -0.39 is 5.97 Å². The Kier molecular flexibility index (Phi) is 3.47. The Hall–Kier alpha value is -2.57. The van der Waals surface area contributed by atoms with Crippen LogP contribution in [0.25, 0.3) is 0 Å². The first-order valence-electron chi connectivity index (χ1n) is 6.75. The zero-order chi connectivity index (χ0) is 14.8. The summed E-state index contributed by atoms with van der Waals surface area (Å²) in [4.78, 5) is 24.9. The van der Waals surface area contributed by atoms with Crippen LogP contribution < -0.4 is 0 Å². The number of hydrogen-bond donors (Lipinski definition) is 1. The number of aromatic carboxylic acids is 1. The van der Waals surface area contributed by atoms with E-state index in [4.69, 9.17) is 9.52 Å². The Morgan fingerprint density at radius 2 is 2.29 bits per heavy atom. The average Bonchev–Trinajstić information content (AvgIpc) is 3.18. The van der Waals surface area contributed by atoms with Gasteiger partial charge in [0.15, 0.2) is 5.76 Å². The summed E-state index contributed by atoms with van der Waals surface area (Å²) in [5.41, 5.74) is 0.157. The zero-order valence-electron chi connectivity index (χ0n) is 11.3. The third kappa shape index (κ3) is 2.67. The molecule has 0 spiro atoms. The molecule has 0 radical (unpaired) electrons. The van der Waals surface area contributed by atoms with Gasteiger partial charge < -0.3 is 14.4 Å². The molecule has 7 nitrogen and oxygen atoms in total. The molecule has 1 saturated heterocycles. The smallest absolute Gasteiger partial charge is 0.338 e. The Morgan fingerprint density at radius 1 is 1.43 bits per heavy atom. The number of furan rings is 1. The molecule has 2 aromatic heterocycles. The van der Waals surface area contributed by atoms with E-state index in [9.17, 15) is 9.59 Å². The largest absolute Gasteiger partial charge is 0.478 e. The normalized spacial score (nSPS) is 18.7. The molecule has 1 fully saturated rings. The van der Waals surface area contributed by atoms with Crippen molar-refractivity contribution in [3.05, 3.63) is 42.1 Å². The number of nitrogens with zero attached hydrogens (tertiary/aromatic N) is 3. The number of rotatable bonds is 3. The molecule has 3 rings (SSSR count). The van der Waals surface area contributed by atoms with Gasteiger partial charge in [0.05, 0.1) is 24.1 Å². The second kappa shape index (κ2) is 5.43. The van der Waals surface area contributed by atoms with Gasteiger partial charge in [-0.3, -0.25) is 9.48 Å². The van der Waals surface area contributed by atoms with Crippen LogP contribution in [0, 0.1) is 0 Å². The van der Waals surface area contributed by atoms with E-state index in [-0.39, 0.29) is 17.5 Å². The van der Waals surface area contributed by atoms with Crippen molar-refractivity contribution in [1.82, 2.24) is 14.7 Å². The van der Waals surface area contributed by atoms with E-state index in [1.807, 2.05) is 0 Å². The van der Waals surface area contributed by atoms with Crippen LogP contribution >= 0.6 is 0 Å². The van der Waals surface area contributed by atoms with Crippen molar-refractivity contribution in [2.75, 3.05) is 13.1 Å². The zero-order valence-corrected chi connectivity index (χ0v) is 11.3. The number of carbonyl (C=O) groups is 2. The Bertz CT molecular complexity index is 647. The predicted molar refractivity (Wildman–Crippen MR) is 72.1 cm³/mol. The molecule has 2 aromatic rings. The fourth-order valence-electron chi connectivity index (χ4n) is 2.56. The Balaban J connectivity index is 1.73. The number of carboxylic acids is 1. The number of carbonyl (C=O) groups excluding carboxylic acids is 1. The summed E-state index contributed by atoms with van der Waals surface area (Å²) in [5.74, 6) is -0.821. The standard InChI is InChI=1S/C14H15N3O4/c18-13(12-4-2-6-21-12)16-5-1-3-11(9-16)17-8-10(7-15-17)14(19)20/h2,4,6-8,11H,1,3,5,9H2,(H,19,20). The van der Waals surface area contributed by atoms with Gasteiger partial charge in [-0.15, -0.1) is 0 Å². The van der Waals surface area contributed by atoms with Gasteiger partial charge in [0.2, 0.25) is 0 Å². The molecule has 1 aliphatic rings. The summed E-state index contributed by atoms with van der Waals surface area (Å²) in [6.45, 7) is 1.17. The van der Waals surface area contributed by atoms with Crippen LogP contribution in [0.5, 0.6) is 0 Å². The Morgan fingerprint density at radius 3 is 2.95 bits per heavy atom. The summed E-state index contributed by atoms with van der Waals surface area (Å²) in [6.07, 6.45) is 6.02. The van der Waals surface area contributed by atoms with Crippen molar-refractivity contribution < 1.29 is 19.1 Å². The molecule has 3 heterocycles. The maximum absolute atomic E-state index is 12.3. The van der Waals surface area contributed by atoms with Gasteiger partial charge in [-0.05, 0) is 25.0 Å². The lowest BCUT2D eigenvalue weighted by Gasteiger charge is -2.32. The number of hydrogen-bond acceptors (Lipinski definition) is 4. The molecule has 0 aromatic carbocycles. The van der Waals surface area contributed by atoms with E-state index >= 15 is 0 Å². The molecule has 1 atom stereocenters. The number of likely N-dealkylation sites (tertiary alicyclic amines) is 1. The van der Waals surface area contributed by atoms with Crippen LogP contribution in [0.3, 0.4) is 0 Å². The molecule has 1 N–H and O–H groups in total. The highest BCUT2D eigenvalue weighted by Crippen LogP contribution is 2.22. The minimum Gasteiger partial charge on any atom is -0.478 e. The molecular formula is C14H15N3O4. The van der Waals surface area contributed by atoms with Crippen molar-refractivity contribution in [3.63, 3.8) is 0 Å². The molecule has 0 saturated carbocycles. The summed E-state index contributed by atoms with van der Waals surface area (Å²) in [7, 11) is 0. The summed E-state index contributed by atoms with van der Waals surface area (Å²) < 4.78 is 6.76. The molecule has 110 valence electrons. The van der Waals surface area contributed by atoms with Crippen molar-refractivity contribution in [1.29, 1.82) is 0 Å². The van der Waals surface area contributed by atoms with Crippen LogP contribution in [0.2, 0.25) is 0 Å². The average molecular weight is 289 g/mol. The predicted octanol–water partition coefficient (Wildman–Crippen LogP) is 1.65. The molecular weight excluding hydrogens is 274 g/mol. The van der Waals surface area contributed by atoms with E-state index in [1.165, 1.54) is 18.7 Å². The van der Waals surface area contributed by atoms with Crippen molar-refractivity contribution >= 4 is 11.9 Å². The highest BCUT2D eigenvalue weighted by atomic mass is 16.4. The highest BCUT2D eigenvalue weighted by molar-refractivity contribution is 5.91. The lowest BCUT2D eigenvalue weighted by Crippen LogP contribution is -2.40. The van der Waals surface area contributed by atoms with Crippen molar-refractivity contribution in [2.24, 2.45) is 0 Å².